The van der Waals surface area contributed by atoms with Crippen LogP contribution in [0.4, 0.5) is 0 Å². The first-order chi connectivity index (χ1) is 22.7. The van der Waals surface area contributed by atoms with Gasteiger partial charge in [0.25, 0.3) is 0 Å². The molecule has 46 heavy (non-hydrogen) atoms. The molecule has 0 radical (unpaired) electrons. The number of rotatable bonds is 39. The Morgan fingerprint density at radius 3 is 1.02 bits per heavy atom. The predicted molar refractivity (Wildman–Crippen MR) is 206 cm³/mol. The number of nitrogens with one attached hydrogen (secondary N) is 2. The Morgan fingerprint density at radius 1 is 0.370 bits per heavy atom. The highest BCUT2D eigenvalue weighted by molar-refractivity contribution is 4.84. The molecule has 0 rings (SSSR count). The van der Waals surface area contributed by atoms with Crippen molar-refractivity contribution in [2.45, 2.75) is 219 Å². The van der Waals surface area contributed by atoms with Gasteiger partial charge in [-0.05, 0) is 103 Å². The summed E-state index contributed by atoms with van der Waals surface area (Å²) in [5.74, 6) is 0. The number of aliphatic hydroxyl groups excluding tert-OH is 2. The number of hydrogen-bond acceptors (Lipinski definition) is 4. The van der Waals surface area contributed by atoms with Gasteiger partial charge in [0.15, 0.2) is 0 Å². The summed E-state index contributed by atoms with van der Waals surface area (Å²) in [5.41, 5.74) is 0. The molecule has 0 aromatic carbocycles. The second kappa shape index (κ2) is 40.5. The molecule has 4 N–H and O–H groups in total. The first kappa shape index (κ1) is 45.3. The molecule has 4 heteroatoms. The zero-order chi connectivity index (χ0) is 33.4. The zero-order valence-corrected chi connectivity index (χ0v) is 31.4. The van der Waals surface area contributed by atoms with Crippen LogP contribution in [0.2, 0.25) is 0 Å². The summed E-state index contributed by atoms with van der Waals surface area (Å²) in [5, 5.41) is 27.3. The molecule has 0 saturated carbocycles. The highest BCUT2D eigenvalue weighted by Gasteiger charge is 2.02. The Bertz CT molecular complexity index is 556. The molecule has 0 aliphatic carbocycles. The molecule has 0 aliphatic heterocycles. The van der Waals surface area contributed by atoms with E-state index in [0.29, 0.717) is 0 Å². The Morgan fingerprint density at radius 2 is 0.674 bits per heavy atom. The Hall–Kier alpha value is -0.680. The lowest BCUT2D eigenvalue weighted by Gasteiger charge is -2.07. The minimum Gasteiger partial charge on any atom is -0.393 e. The number of hydrogen-bond donors (Lipinski definition) is 4. The molecule has 0 aromatic rings. The maximum absolute atomic E-state index is 10.0. The third kappa shape index (κ3) is 39.5. The number of allylic oxidation sites excluding steroid dienone is 2. The largest absolute Gasteiger partial charge is 0.393 e. The summed E-state index contributed by atoms with van der Waals surface area (Å²) < 4.78 is 0. The van der Waals surface area contributed by atoms with Gasteiger partial charge in [0.2, 0.25) is 0 Å². The highest BCUT2D eigenvalue weighted by Crippen LogP contribution is 2.12. The van der Waals surface area contributed by atoms with Gasteiger partial charge in [0.1, 0.15) is 0 Å². The lowest BCUT2D eigenvalue weighted by Crippen LogP contribution is -2.17. The van der Waals surface area contributed by atoms with E-state index in [4.69, 9.17) is 0 Å². The van der Waals surface area contributed by atoms with E-state index in [2.05, 4.69) is 48.8 Å². The van der Waals surface area contributed by atoms with Gasteiger partial charge in [-0.3, -0.25) is 0 Å². The van der Waals surface area contributed by atoms with Crippen LogP contribution in [0.15, 0.2) is 24.3 Å². The number of unbranched alkanes of at least 4 members (excludes halogenated alkanes) is 21. The van der Waals surface area contributed by atoms with E-state index in [1.807, 2.05) is 0 Å². The van der Waals surface area contributed by atoms with Gasteiger partial charge in [-0.2, -0.15) is 0 Å². The quantitative estimate of drug-likeness (QED) is 0.0395. The fourth-order valence-corrected chi connectivity index (χ4v) is 6.13. The lowest BCUT2D eigenvalue weighted by molar-refractivity contribution is 0.163. The van der Waals surface area contributed by atoms with Gasteiger partial charge in [-0.1, -0.05) is 154 Å². The second-order valence-electron chi connectivity index (χ2n) is 14.2. The van der Waals surface area contributed by atoms with Gasteiger partial charge in [-0.15, -0.1) is 0 Å². The van der Waals surface area contributed by atoms with Crippen LogP contribution in [0.1, 0.15) is 206 Å². The Balaban J connectivity index is 3.18. The first-order valence-corrected chi connectivity index (χ1v) is 20.8. The molecule has 2 atom stereocenters. The fraction of sp³-hybridized carbons (Fsp3) is 0.905. The summed E-state index contributed by atoms with van der Waals surface area (Å²) >= 11 is 0. The minimum absolute atomic E-state index is 0.133. The standard InChI is InChI=1S/C42H84N2O2/c1-3-5-7-25-33-41(45)35-27-19-15-11-9-13-17-21-29-37-43-39-31-23-24-32-40-44-38-30-22-18-14-10-12-16-20-28-36-42(46)34-26-8-6-4-2/h19-20,27-28,41-46H,3-18,21-26,29-40H2,1-2H3/b27-19-,28-20-/t41-,42-/m1/s1. The molecule has 0 saturated heterocycles. The lowest BCUT2D eigenvalue weighted by atomic mass is 10.1. The monoisotopic (exact) mass is 649 g/mol. The van der Waals surface area contributed by atoms with Crippen molar-refractivity contribution in [2.75, 3.05) is 26.2 Å². The Labute approximate surface area is 289 Å². The third-order valence-corrected chi connectivity index (χ3v) is 9.34. The van der Waals surface area contributed by atoms with Crippen LogP contribution in [0, 0.1) is 0 Å². The summed E-state index contributed by atoms with van der Waals surface area (Å²) in [6.07, 6.45) is 46.1. The molecule has 0 aliphatic rings. The van der Waals surface area contributed by atoms with Crippen molar-refractivity contribution in [3.8, 4) is 0 Å². The van der Waals surface area contributed by atoms with Crippen molar-refractivity contribution in [1.29, 1.82) is 0 Å². The Kier molecular flexibility index (Phi) is 39.9. The zero-order valence-electron chi connectivity index (χ0n) is 31.4. The van der Waals surface area contributed by atoms with Gasteiger partial charge in [0.05, 0.1) is 12.2 Å². The highest BCUT2D eigenvalue weighted by atomic mass is 16.3. The maximum Gasteiger partial charge on any atom is 0.0574 e. The SMILES string of the molecule is CCCCCC[C@@H](O)C/C=C\CCCCCCCCNCCCCCCNCCCCCCCC/C=C\C[C@H](O)CCCCCC. The van der Waals surface area contributed by atoms with Crippen molar-refractivity contribution in [3.05, 3.63) is 24.3 Å². The molecular formula is C42H84N2O2. The van der Waals surface area contributed by atoms with Crippen molar-refractivity contribution in [2.24, 2.45) is 0 Å². The number of aliphatic hydroxyl groups is 2. The van der Waals surface area contributed by atoms with Gasteiger partial charge >= 0.3 is 0 Å². The molecular weight excluding hydrogens is 564 g/mol. The van der Waals surface area contributed by atoms with Crippen molar-refractivity contribution in [1.82, 2.24) is 10.6 Å². The van der Waals surface area contributed by atoms with E-state index in [0.717, 1.165) is 25.7 Å². The van der Waals surface area contributed by atoms with Crippen LogP contribution in [0.25, 0.3) is 0 Å². The van der Waals surface area contributed by atoms with Gasteiger partial charge in [-0.25, -0.2) is 0 Å². The van der Waals surface area contributed by atoms with Crippen LogP contribution < -0.4 is 10.6 Å². The summed E-state index contributed by atoms with van der Waals surface area (Å²) in [7, 11) is 0. The topological polar surface area (TPSA) is 64.5 Å². The molecule has 0 spiro atoms. The molecule has 0 unspecified atom stereocenters. The van der Waals surface area contributed by atoms with E-state index >= 15 is 0 Å². The van der Waals surface area contributed by atoms with E-state index < -0.39 is 0 Å². The molecule has 4 nitrogen and oxygen atoms in total. The first-order valence-electron chi connectivity index (χ1n) is 20.8. The predicted octanol–water partition coefficient (Wildman–Crippen LogP) is 11.7. The molecule has 0 amide bonds. The molecule has 0 fully saturated rings. The van der Waals surface area contributed by atoms with E-state index in [9.17, 15) is 10.2 Å². The third-order valence-electron chi connectivity index (χ3n) is 9.34. The van der Waals surface area contributed by atoms with Crippen LogP contribution in [-0.4, -0.2) is 48.6 Å². The molecule has 0 aromatic heterocycles. The summed E-state index contributed by atoms with van der Waals surface area (Å²) in [6.45, 7) is 9.21. The summed E-state index contributed by atoms with van der Waals surface area (Å²) in [6, 6.07) is 0. The average Bonchev–Trinajstić information content (AvgIpc) is 3.06. The molecule has 274 valence electrons. The van der Waals surface area contributed by atoms with E-state index in [1.54, 1.807) is 0 Å². The van der Waals surface area contributed by atoms with Crippen LogP contribution in [0.3, 0.4) is 0 Å². The van der Waals surface area contributed by atoms with Gasteiger partial charge < -0.3 is 20.8 Å². The van der Waals surface area contributed by atoms with Gasteiger partial charge in [0, 0.05) is 0 Å². The van der Waals surface area contributed by atoms with Crippen molar-refractivity contribution >= 4 is 0 Å². The van der Waals surface area contributed by atoms with Crippen molar-refractivity contribution < 1.29 is 10.2 Å². The second-order valence-corrected chi connectivity index (χ2v) is 14.2. The normalized spacial score (nSPS) is 13.4. The van der Waals surface area contributed by atoms with Crippen LogP contribution >= 0.6 is 0 Å². The van der Waals surface area contributed by atoms with E-state index in [1.165, 1.54) is 193 Å². The van der Waals surface area contributed by atoms with Crippen molar-refractivity contribution in [3.63, 3.8) is 0 Å². The maximum atomic E-state index is 10.0. The molecule has 0 bridgehead atoms. The molecule has 0 heterocycles. The summed E-state index contributed by atoms with van der Waals surface area (Å²) in [4.78, 5) is 0. The van der Waals surface area contributed by atoms with E-state index in [-0.39, 0.29) is 12.2 Å². The average molecular weight is 649 g/mol. The van der Waals surface area contributed by atoms with Crippen LogP contribution in [-0.2, 0) is 0 Å². The fourth-order valence-electron chi connectivity index (χ4n) is 6.13. The van der Waals surface area contributed by atoms with Crippen LogP contribution in [0.5, 0.6) is 0 Å². The smallest absolute Gasteiger partial charge is 0.0574 e. The minimum atomic E-state index is -0.133.